The van der Waals surface area contributed by atoms with Gasteiger partial charge >= 0.3 is 0 Å². The Labute approximate surface area is 176 Å². The Morgan fingerprint density at radius 3 is 2.62 bits per heavy atom. The molecule has 0 aliphatic heterocycles. The van der Waals surface area contributed by atoms with Gasteiger partial charge in [0.15, 0.2) is 0 Å². The maximum atomic E-state index is 13.0. The highest BCUT2D eigenvalue weighted by Crippen LogP contribution is 2.36. The first kappa shape index (κ1) is 19.5. The van der Waals surface area contributed by atoms with Gasteiger partial charge in [-0.3, -0.25) is 4.79 Å². The van der Waals surface area contributed by atoms with Crippen LogP contribution in [0.2, 0.25) is 0 Å². The van der Waals surface area contributed by atoms with Crippen LogP contribution in [-0.4, -0.2) is 33.6 Å². The molecule has 0 bridgehead atoms. The van der Waals surface area contributed by atoms with Crippen molar-refractivity contribution in [3.05, 3.63) is 78.4 Å². The molecule has 0 fully saturated rings. The summed E-state index contributed by atoms with van der Waals surface area (Å²) in [6, 6.07) is 18.4. The van der Waals surface area contributed by atoms with Crippen LogP contribution in [0, 0.1) is 5.82 Å². The summed E-state index contributed by atoms with van der Waals surface area (Å²) in [7, 11) is 1.75. The van der Waals surface area contributed by atoms with Crippen LogP contribution in [0.4, 0.5) is 4.39 Å². The minimum Gasteiger partial charge on any atom is -0.341 e. The number of hydrogen-bond acceptors (Lipinski definition) is 5. The van der Waals surface area contributed by atoms with E-state index in [9.17, 15) is 9.18 Å². The van der Waals surface area contributed by atoms with Gasteiger partial charge in [-0.15, -0.1) is 11.3 Å². The molecule has 4 aromatic rings. The van der Waals surface area contributed by atoms with Crippen LogP contribution in [0.5, 0.6) is 0 Å². The quantitative estimate of drug-likeness (QED) is 0.314. The maximum Gasteiger partial charge on any atom is 0.233 e. The van der Waals surface area contributed by atoms with Crippen LogP contribution in [-0.2, 0) is 11.3 Å². The molecule has 2 heterocycles. The van der Waals surface area contributed by atoms with Crippen molar-refractivity contribution in [2.45, 2.75) is 11.6 Å². The highest BCUT2D eigenvalue weighted by molar-refractivity contribution is 8.00. The molecule has 0 aliphatic carbocycles. The molecule has 0 unspecified atom stereocenters. The second-order valence-electron chi connectivity index (χ2n) is 6.54. The summed E-state index contributed by atoms with van der Waals surface area (Å²) in [4.78, 5) is 25.0. The van der Waals surface area contributed by atoms with Gasteiger partial charge in [-0.25, -0.2) is 14.4 Å². The van der Waals surface area contributed by atoms with E-state index in [1.807, 2.05) is 18.2 Å². The molecule has 0 saturated carbocycles. The molecule has 1 amide bonds. The molecular formula is C22H18FN3OS2. The van der Waals surface area contributed by atoms with Gasteiger partial charge in [-0.1, -0.05) is 54.2 Å². The summed E-state index contributed by atoms with van der Waals surface area (Å²) in [5.74, 6) is -0.0124. The number of thioether (sulfide) groups is 1. The number of thiophene rings is 1. The molecule has 146 valence electrons. The van der Waals surface area contributed by atoms with Crippen molar-refractivity contribution in [3.8, 4) is 10.4 Å². The smallest absolute Gasteiger partial charge is 0.233 e. The number of nitrogens with zero attached hydrogens (tertiary/aromatic N) is 3. The van der Waals surface area contributed by atoms with Crippen LogP contribution >= 0.6 is 23.1 Å². The molecule has 29 heavy (non-hydrogen) atoms. The lowest BCUT2D eigenvalue weighted by Crippen LogP contribution is -2.27. The van der Waals surface area contributed by atoms with E-state index in [0.717, 1.165) is 31.2 Å². The number of fused-ring (bicyclic) bond motifs is 1. The number of carbonyl (C=O) groups excluding carboxylic acids is 1. The molecule has 0 N–H and O–H groups in total. The van der Waals surface area contributed by atoms with Gasteiger partial charge in [0.05, 0.1) is 5.75 Å². The Morgan fingerprint density at radius 2 is 1.86 bits per heavy atom. The Balaban J connectivity index is 1.45. The number of hydrogen-bond donors (Lipinski definition) is 0. The predicted molar refractivity (Wildman–Crippen MR) is 116 cm³/mol. The molecular weight excluding hydrogens is 405 g/mol. The van der Waals surface area contributed by atoms with Gasteiger partial charge in [0.1, 0.15) is 22.0 Å². The van der Waals surface area contributed by atoms with Crippen molar-refractivity contribution >= 4 is 39.2 Å². The fourth-order valence-corrected chi connectivity index (χ4v) is 4.87. The third-order valence-corrected chi connectivity index (χ3v) is 6.52. The number of carbonyl (C=O) groups is 1. The summed E-state index contributed by atoms with van der Waals surface area (Å²) < 4.78 is 13.0. The van der Waals surface area contributed by atoms with E-state index >= 15 is 0 Å². The van der Waals surface area contributed by atoms with Gasteiger partial charge in [0, 0.05) is 23.9 Å². The van der Waals surface area contributed by atoms with Gasteiger partial charge in [0.2, 0.25) is 5.91 Å². The normalized spacial score (nSPS) is 11.0. The third-order valence-electron chi connectivity index (χ3n) is 4.44. The Morgan fingerprint density at radius 1 is 1.10 bits per heavy atom. The van der Waals surface area contributed by atoms with E-state index in [0.29, 0.717) is 6.54 Å². The molecule has 2 aromatic heterocycles. The fourth-order valence-electron chi connectivity index (χ4n) is 2.89. The number of rotatable bonds is 6. The van der Waals surface area contributed by atoms with Crippen molar-refractivity contribution in [1.82, 2.24) is 14.9 Å². The van der Waals surface area contributed by atoms with Crippen LogP contribution in [0.1, 0.15) is 5.56 Å². The molecule has 2 aromatic carbocycles. The zero-order valence-electron chi connectivity index (χ0n) is 15.7. The van der Waals surface area contributed by atoms with E-state index in [2.05, 4.69) is 28.2 Å². The molecule has 0 saturated heterocycles. The zero-order valence-corrected chi connectivity index (χ0v) is 17.3. The molecule has 0 spiro atoms. The number of aromatic nitrogens is 2. The lowest BCUT2D eigenvalue weighted by atomic mass is 10.2. The van der Waals surface area contributed by atoms with Gasteiger partial charge < -0.3 is 4.90 Å². The van der Waals surface area contributed by atoms with E-state index in [4.69, 9.17) is 0 Å². The molecule has 0 aliphatic rings. The Kier molecular flexibility index (Phi) is 5.87. The van der Waals surface area contributed by atoms with Crippen LogP contribution < -0.4 is 0 Å². The van der Waals surface area contributed by atoms with Crippen molar-refractivity contribution in [2.75, 3.05) is 12.8 Å². The van der Waals surface area contributed by atoms with E-state index < -0.39 is 0 Å². The van der Waals surface area contributed by atoms with E-state index in [-0.39, 0.29) is 17.5 Å². The predicted octanol–water partition coefficient (Wildman–Crippen LogP) is 5.25. The molecule has 7 heteroatoms. The molecule has 4 nitrogen and oxygen atoms in total. The highest BCUT2D eigenvalue weighted by Gasteiger charge is 2.14. The van der Waals surface area contributed by atoms with Gasteiger partial charge in [0.25, 0.3) is 0 Å². The number of amides is 1. The standard InChI is InChI=1S/C22H18FN3OS2/c1-26(12-15-7-9-17(23)10-8-15)20(27)13-28-21-18-11-19(16-5-3-2-4-6-16)29-22(18)25-14-24-21/h2-11,14H,12-13H2,1H3. The average molecular weight is 424 g/mol. The largest absolute Gasteiger partial charge is 0.341 e. The van der Waals surface area contributed by atoms with Crippen LogP contribution in [0.15, 0.2) is 72.0 Å². The minimum absolute atomic E-state index is 0.00963. The second kappa shape index (κ2) is 8.71. The van der Waals surface area contributed by atoms with Gasteiger partial charge in [-0.2, -0.15) is 0 Å². The van der Waals surface area contributed by atoms with E-state index in [1.54, 1.807) is 41.7 Å². The minimum atomic E-state index is -0.281. The van der Waals surface area contributed by atoms with Crippen molar-refractivity contribution in [2.24, 2.45) is 0 Å². The first-order valence-electron chi connectivity index (χ1n) is 9.01. The van der Waals surface area contributed by atoms with Crippen molar-refractivity contribution in [1.29, 1.82) is 0 Å². The lowest BCUT2D eigenvalue weighted by Gasteiger charge is -2.17. The van der Waals surface area contributed by atoms with Crippen molar-refractivity contribution < 1.29 is 9.18 Å². The highest BCUT2D eigenvalue weighted by atomic mass is 32.2. The number of benzene rings is 2. The summed E-state index contributed by atoms with van der Waals surface area (Å²) in [5, 5.41) is 1.77. The molecule has 4 rings (SSSR count). The molecule has 0 atom stereocenters. The second-order valence-corrected chi connectivity index (χ2v) is 8.53. The van der Waals surface area contributed by atoms with Crippen molar-refractivity contribution in [3.63, 3.8) is 0 Å². The average Bonchev–Trinajstić information content (AvgIpc) is 3.19. The Bertz CT molecular complexity index is 1130. The fraction of sp³-hybridized carbons (Fsp3) is 0.136. The lowest BCUT2D eigenvalue weighted by molar-refractivity contribution is -0.127. The first-order chi connectivity index (χ1) is 14.1. The summed E-state index contributed by atoms with van der Waals surface area (Å²) in [6.07, 6.45) is 1.54. The zero-order chi connectivity index (χ0) is 20.2. The third kappa shape index (κ3) is 4.63. The van der Waals surface area contributed by atoms with E-state index in [1.165, 1.54) is 23.9 Å². The molecule has 0 radical (unpaired) electrons. The maximum absolute atomic E-state index is 13.0. The SMILES string of the molecule is CN(Cc1ccc(F)cc1)C(=O)CSc1ncnc2sc(-c3ccccc3)cc12. The van der Waals surface area contributed by atoms with Crippen LogP contribution in [0.25, 0.3) is 20.7 Å². The Hall–Kier alpha value is -2.77. The topological polar surface area (TPSA) is 46.1 Å². The monoisotopic (exact) mass is 423 g/mol. The first-order valence-corrected chi connectivity index (χ1v) is 10.8. The summed E-state index contributed by atoms with van der Waals surface area (Å²) in [6.45, 7) is 0.440. The number of halogens is 1. The summed E-state index contributed by atoms with van der Waals surface area (Å²) >= 11 is 3.03. The summed E-state index contributed by atoms with van der Waals surface area (Å²) in [5.41, 5.74) is 2.03. The van der Waals surface area contributed by atoms with Gasteiger partial charge in [-0.05, 0) is 29.3 Å². The van der Waals surface area contributed by atoms with Crippen LogP contribution in [0.3, 0.4) is 0 Å².